The van der Waals surface area contributed by atoms with Gasteiger partial charge >= 0.3 is 6.09 Å². The second-order valence-electron chi connectivity index (χ2n) is 3.96. The molecule has 0 rings (SSSR count). The Kier molecular flexibility index (Phi) is 8.84. The smallest absolute Gasteiger partial charge is 0.411 e. The van der Waals surface area contributed by atoms with Gasteiger partial charge in [-0.1, -0.05) is 37.1 Å². The Morgan fingerprint density at radius 2 is 2.06 bits per heavy atom. The van der Waals surface area contributed by atoms with Crippen LogP contribution in [0.5, 0.6) is 0 Å². The van der Waals surface area contributed by atoms with E-state index in [1.165, 1.54) is 5.57 Å². The van der Waals surface area contributed by atoms with Gasteiger partial charge in [0.1, 0.15) is 0 Å². The molecule has 96 valence electrons. The third-order valence-corrected chi connectivity index (χ3v) is 1.99. The van der Waals surface area contributed by atoms with Crippen LogP contribution in [0, 0.1) is 0 Å². The average molecular weight is 237 g/mol. The van der Waals surface area contributed by atoms with E-state index in [2.05, 4.69) is 12.2 Å². The van der Waals surface area contributed by atoms with Crippen molar-refractivity contribution in [3.63, 3.8) is 0 Å². The molecule has 0 saturated carbocycles. The number of allylic oxidation sites excluding steroid dienone is 5. The summed E-state index contributed by atoms with van der Waals surface area (Å²) in [5, 5.41) is 2.68. The fraction of sp³-hybridized carbons (Fsp3) is 0.500. The van der Waals surface area contributed by atoms with Gasteiger partial charge in [-0.2, -0.15) is 0 Å². The van der Waals surface area contributed by atoms with E-state index in [-0.39, 0.29) is 0 Å². The van der Waals surface area contributed by atoms with Crippen LogP contribution < -0.4 is 5.32 Å². The number of rotatable bonds is 6. The lowest BCUT2D eigenvalue weighted by molar-refractivity contribution is 0.148. The molecule has 0 spiro atoms. The molecule has 0 unspecified atom stereocenters. The first-order valence-corrected chi connectivity index (χ1v) is 6.01. The molecule has 0 atom stereocenters. The number of amides is 1. The molecule has 0 saturated heterocycles. The van der Waals surface area contributed by atoms with Crippen molar-refractivity contribution in [3.05, 3.63) is 35.6 Å². The van der Waals surface area contributed by atoms with Gasteiger partial charge in [-0.15, -0.1) is 0 Å². The van der Waals surface area contributed by atoms with Crippen molar-refractivity contribution < 1.29 is 9.53 Å². The summed E-state index contributed by atoms with van der Waals surface area (Å²) in [6, 6.07) is 0. The molecule has 0 radical (unpaired) electrons. The van der Waals surface area contributed by atoms with Gasteiger partial charge in [0.2, 0.25) is 0 Å². The predicted octanol–water partition coefficient (Wildman–Crippen LogP) is 3.94. The molecule has 0 aromatic rings. The standard InChI is InChI=1S/C14H23NO2/c1-5-7-11-17-14(16)15-13(6-2)10-8-9-12(3)4/h6,8-10H,5,7,11H2,1-4H3,(H,15,16)/b10-8-,13-6+. The highest BCUT2D eigenvalue weighted by Crippen LogP contribution is 1.97. The number of carbonyl (C=O) groups is 1. The first kappa shape index (κ1) is 15.5. The molecule has 0 fully saturated rings. The topological polar surface area (TPSA) is 38.3 Å². The van der Waals surface area contributed by atoms with Crippen LogP contribution in [0.15, 0.2) is 35.6 Å². The zero-order chi connectivity index (χ0) is 13.1. The maximum atomic E-state index is 11.4. The summed E-state index contributed by atoms with van der Waals surface area (Å²) in [7, 11) is 0. The van der Waals surface area contributed by atoms with Gasteiger partial charge in [-0.05, 0) is 33.3 Å². The molecule has 3 heteroatoms. The van der Waals surface area contributed by atoms with Crippen LogP contribution in [0.2, 0.25) is 0 Å². The van der Waals surface area contributed by atoms with E-state index in [1.54, 1.807) is 0 Å². The highest BCUT2D eigenvalue weighted by Gasteiger charge is 2.01. The van der Waals surface area contributed by atoms with E-state index in [4.69, 9.17) is 4.74 Å². The number of unbranched alkanes of at least 4 members (excludes halogenated alkanes) is 1. The summed E-state index contributed by atoms with van der Waals surface area (Å²) in [6.45, 7) is 8.44. The van der Waals surface area contributed by atoms with Crippen LogP contribution in [0.4, 0.5) is 4.79 Å². The molecule has 17 heavy (non-hydrogen) atoms. The molecule has 1 N–H and O–H groups in total. The molecule has 3 nitrogen and oxygen atoms in total. The SMILES string of the molecule is C/C=C(\C=C/C=C(C)C)NC(=O)OCCCC. The number of carbonyl (C=O) groups excluding carboxylic acids is 1. The minimum absolute atomic E-state index is 0.395. The summed E-state index contributed by atoms with van der Waals surface area (Å²) in [4.78, 5) is 11.4. The minimum Gasteiger partial charge on any atom is -0.449 e. The Hall–Kier alpha value is -1.51. The predicted molar refractivity (Wildman–Crippen MR) is 71.7 cm³/mol. The Morgan fingerprint density at radius 3 is 2.59 bits per heavy atom. The van der Waals surface area contributed by atoms with Gasteiger partial charge in [0.05, 0.1) is 6.61 Å². The van der Waals surface area contributed by atoms with E-state index >= 15 is 0 Å². The fourth-order valence-corrected chi connectivity index (χ4v) is 1.02. The Bertz CT molecular complexity index is 310. The van der Waals surface area contributed by atoms with E-state index in [1.807, 2.05) is 45.1 Å². The highest BCUT2D eigenvalue weighted by atomic mass is 16.5. The lowest BCUT2D eigenvalue weighted by atomic mass is 10.3. The van der Waals surface area contributed by atoms with Crippen molar-refractivity contribution in [1.82, 2.24) is 5.32 Å². The minimum atomic E-state index is -0.395. The van der Waals surface area contributed by atoms with Crippen LogP contribution in [-0.4, -0.2) is 12.7 Å². The summed E-state index contributed by atoms with van der Waals surface area (Å²) in [6.07, 6.45) is 9.07. The van der Waals surface area contributed by atoms with E-state index in [0.717, 1.165) is 18.5 Å². The maximum Gasteiger partial charge on any atom is 0.411 e. The number of nitrogens with one attached hydrogen (secondary N) is 1. The lowest BCUT2D eigenvalue weighted by Gasteiger charge is -2.06. The third kappa shape index (κ3) is 9.42. The van der Waals surface area contributed by atoms with Gasteiger partial charge in [0.25, 0.3) is 0 Å². The van der Waals surface area contributed by atoms with E-state index in [9.17, 15) is 4.79 Å². The van der Waals surface area contributed by atoms with Crippen molar-refractivity contribution in [2.24, 2.45) is 0 Å². The van der Waals surface area contributed by atoms with E-state index < -0.39 is 6.09 Å². The molecular weight excluding hydrogens is 214 g/mol. The van der Waals surface area contributed by atoms with Crippen molar-refractivity contribution in [2.45, 2.75) is 40.5 Å². The Balaban J connectivity index is 4.10. The molecule has 0 aromatic heterocycles. The van der Waals surface area contributed by atoms with Gasteiger partial charge in [0.15, 0.2) is 0 Å². The largest absolute Gasteiger partial charge is 0.449 e. The second kappa shape index (κ2) is 9.70. The summed E-state index contributed by atoms with van der Waals surface area (Å²) in [5.74, 6) is 0. The van der Waals surface area contributed by atoms with Crippen molar-refractivity contribution >= 4 is 6.09 Å². The molecule has 1 amide bonds. The first-order valence-electron chi connectivity index (χ1n) is 6.01. The zero-order valence-electron chi connectivity index (χ0n) is 11.2. The number of ether oxygens (including phenoxy) is 1. The third-order valence-electron chi connectivity index (χ3n) is 1.99. The molecule has 0 bridgehead atoms. The van der Waals surface area contributed by atoms with E-state index in [0.29, 0.717) is 6.61 Å². The molecule has 0 aromatic carbocycles. The molecule has 0 aliphatic carbocycles. The second-order valence-corrected chi connectivity index (χ2v) is 3.96. The lowest BCUT2D eigenvalue weighted by Crippen LogP contribution is -2.23. The molecular formula is C14H23NO2. The van der Waals surface area contributed by atoms with Crippen LogP contribution in [0.3, 0.4) is 0 Å². The zero-order valence-corrected chi connectivity index (χ0v) is 11.2. The van der Waals surface area contributed by atoms with Gasteiger partial charge in [-0.3, -0.25) is 5.32 Å². The average Bonchev–Trinajstić information content (AvgIpc) is 2.27. The fourth-order valence-electron chi connectivity index (χ4n) is 1.02. The van der Waals surface area contributed by atoms with Gasteiger partial charge < -0.3 is 4.74 Å². The summed E-state index contributed by atoms with van der Waals surface area (Å²) >= 11 is 0. The van der Waals surface area contributed by atoms with Crippen LogP contribution in [-0.2, 0) is 4.74 Å². The summed E-state index contributed by atoms with van der Waals surface area (Å²) in [5.41, 5.74) is 1.95. The van der Waals surface area contributed by atoms with Crippen molar-refractivity contribution in [3.8, 4) is 0 Å². The quantitative estimate of drug-likeness (QED) is 0.561. The van der Waals surface area contributed by atoms with Gasteiger partial charge in [0, 0.05) is 5.70 Å². The van der Waals surface area contributed by atoms with Crippen molar-refractivity contribution in [1.29, 1.82) is 0 Å². The number of alkyl carbamates (subject to hydrolysis) is 1. The molecule has 0 heterocycles. The van der Waals surface area contributed by atoms with Crippen LogP contribution >= 0.6 is 0 Å². The van der Waals surface area contributed by atoms with Crippen molar-refractivity contribution in [2.75, 3.05) is 6.61 Å². The van der Waals surface area contributed by atoms with Crippen LogP contribution in [0.25, 0.3) is 0 Å². The maximum absolute atomic E-state index is 11.4. The number of hydrogen-bond donors (Lipinski definition) is 1. The number of hydrogen-bond acceptors (Lipinski definition) is 2. The summed E-state index contributed by atoms with van der Waals surface area (Å²) < 4.78 is 5.00. The Morgan fingerprint density at radius 1 is 1.35 bits per heavy atom. The Labute approximate surface area is 104 Å². The molecule has 0 aliphatic heterocycles. The first-order chi connectivity index (χ1) is 8.10. The monoisotopic (exact) mass is 237 g/mol. The normalized spacial score (nSPS) is 11.4. The van der Waals surface area contributed by atoms with Crippen LogP contribution in [0.1, 0.15) is 40.5 Å². The highest BCUT2D eigenvalue weighted by molar-refractivity contribution is 5.70. The molecule has 0 aliphatic rings. The van der Waals surface area contributed by atoms with Gasteiger partial charge in [-0.25, -0.2) is 4.79 Å².